The van der Waals surface area contributed by atoms with Gasteiger partial charge in [0.15, 0.2) is 0 Å². The molecule has 0 aromatic carbocycles. The summed E-state index contributed by atoms with van der Waals surface area (Å²) in [6, 6.07) is 8.25. The summed E-state index contributed by atoms with van der Waals surface area (Å²) in [4.78, 5) is 8.95. The van der Waals surface area contributed by atoms with Crippen molar-refractivity contribution in [1.29, 1.82) is 0 Å². The summed E-state index contributed by atoms with van der Waals surface area (Å²) >= 11 is 0. The quantitative estimate of drug-likeness (QED) is 0.282. The van der Waals surface area contributed by atoms with Gasteiger partial charge in [0.25, 0.3) is 0 Å². The average molecular weight is 487 g/mol. The van der Waals surface area contributed by atoms with Gasteiger partial charge in [-0.2, -0.15) is 0 Å². The predicted octanol–water partition coefficient (Wildman–Crippen LogP) is 8.30. The van der Waals surface area contributed by atoms with Crippen LogP contribution in [0.4, 0.5) is 0 Å². The molecule has 0 amide bonds. The lowest BCUT2D eigenvalue weighted by molar-refractivity contribution is 0.376. The zero-order valence-electron chi connectivity index (χ0n) is 22.6. The van der Waals surface area contributed by atoms with Crippen molar-refractivity contribution in [3.63, 3.8) is 0 Å². The van der Waals surface area contributed by atoms with Gasteiger partial charge in [0.1, 0.15) is 11.5 Å². The fourth-order valence-corrected chi connectivity index (χ4v) is 4.20. The first-order valence-electron chi connectivity index (χ1n) is 13.2. The lowest BCUT2D eigenvalue weighted by Gasteiger charge is -2.05. The third-order valence-corrected chi connectivity index (χ3v) is 6.42. The molecule has 4 aromatic heterocycles. The Morgan fingerprint density at radius 3 is 1.94 bits per heavy atom. The fourth-order valence-electron chi connectivity index (χ4n) is 4.20. The molecule has 2 aliphatic rings. The summed E-state index contributed by atoms with van der Waals surface area (Å²) in [5.74, 6) is 3.55. The van der Waals surface area contributed by atoms with E-state index in [1.54, 1.807) is 0 Å². The Balaban J connectivity index is 0.000000159. The molecule has 0 bridgehead atoms. The van der Waals surface area contributed by atoms with E-state index in [4.69, 9.17) is 9.05 Å². The van der Waals surface area contributed by atoms with E-state index < -0.39 is 0 Å². The number of hydrogen-bond donors (Lipinski definition) is 0. The SMILES string of the molecule is CC.Cc1ccc(-c2c(C(C)C)noc2C2CC2)nc1.Cc1ccnc(-c2c(C)noc2C2CC2)c1. The summed E-state index contributed by atoms with van der Waals surface area (Å²) in [6.45, 7) is 14.4. The van der Waals surface area contributed by atoms with Crippen molar-refractivity contribution in [2.24, 2.45) is 0 Å². The smallest absolute Gasteiger partial charge is 0.149 e. The molecule has 6 nitrogen and oxygen atoms in total. The molecule has 2 fully saturated rings. The standard InChI is InChI=1S/C15H18N2O.C13H14N2O.C2H6/c1-9(2)14-13(12-7-4-10(3)8-16-12)15(18-17-14)11-5-6-11;1-8-5-6-14-11(7-8)12-9(2)15-16-13(12)10-3-4-10;1-2/h4,7-9,11H,5-6H2,1-3H3;5-7,10H,3-4H2,1-2H3;1-2H3. The lowest BCUT2D eigenvalue weighted by atomic mass is 9.99. The second-order valence-electron chi connectivity index (χ2n) is 9.96. The van der Waals surface area contributed by atoms with Crippen molar-refractivity contribution in [3.8, 4) is 22.5 Å². The van der Waals surface area contributed by atoms with E-state index in [0.717, 1.165) is 45.4 Å². The number of aryl methyl sites for hydroxylation is 3. The first-order valence-corrected chi connectivity index (χ1v) is 13.2. The molecular formula is C30H38N4O2. The Morgan fingerprint density at radius 2 is 1.39 bits per heavy atom. The van der Waals surface area contributed by atoms with Gasteiger partial charge in [0, 0.05) is 24.2 Å². The van der Waals surface area contributed by atoms with Crippen LogP contribution >= 0.6 is 0 Å². The summed E-state index contributed by atoms with van der Waals surface area (Å²) in [5, 5.41) is 8.33. The van der Waals surface area contributed by atoms with Crippen LogP contribution in [0.3, 0.4) is 0 Å². The van der Waals surface area contributed by atoms with E-state index in [1.165, 1.54) is 36.8 Å². The summed E-state index contributed by atoms with van der Waals surface area (Å²) in [5.41, 5.74) is 8.58. The molecule has 190 valence electrons. The molecule has 0 unspecified atom stereocenters. The van der Waals surface area contributed by atoms with Crippen LogP contribution in [-0.2, 0) is 0 Å². The normalized spacial score (nSPS) is 14.7. The van der Waals surface area contributed by atoms with Crippen molar-refractivity contribution in [3.05, 3.63) is 70.7 Å². The topological polar surface area (TPSA) is 77.8 Å². The van der Waals surface area contributed by atoms with E-state index in [9.17, 15) is 0 Å². The van der Waals surface area contributed by atoms with Crippen LogP contribution in [0.1, 0.15) is 105 Å². The van der Waals surface area contributed by atoms with Gasteiger partial charge in [-0.3, -0.25) is 9.97 Å². The van der Waals surface area contributed by atoms with Crippen LogP contribution < -0.4 is 0 Å². The maximum Gasteiger partial charge on any atom is 0.149 e. The van der Waals surface area contributed by atoms with E-state index in [0.29, 0.717) is 17.8 Å². The summed E-state index contributed by atoms with van der Waals surface area (Å²) in [7, 11) is 0. The Morgan fingerprint density at radius 1 is 0.750 bits per heavy atom. The number of nitrogens with zero attached hydrogens (tertiary/aromatic N) is 4. The summed E-state index contributed by atoms with van der Waals surface area (Å²) in [6.07, 6.45) is 8.61. The van der Waals surface area contributed by atoms with Crippen LogP contribution in [0.5, 0.6) is 0 Å². The molecule has 6 heteroatoms. The Kier molecular flexibility index (Phi) is 8.02. The maximum atomic E-state index is 5.58. The minimum absolute atomic E-state index is 0.361. The van der Waals surface area contributed by atoms with Crippen molar-refractivity contribution in [1.82, 2.24) is 20.3 Å². The van der Waals surface area contributed by atoms with Crippen molar-refractivity contribution in [2.75, 3.05) is 0 Å². The Bertz CT molecular complexity index is 1260. The third-order valence-electron chi connectivity index (χ3n) is 6.42. The van der Waals surface area contributed by atoms with Gasteiger partial charge in [-0.1, -0.05) is 44.1 Å². The number of pyridine rings is 2. The van der Waals surface area contributed by atoms with Gasteiger partial charge in [0.2, 0.25) is 0 Å². The molecule has 0 aliphatic heterocycles. The molecule has 6 rings (SSSR count). The molecule has 4 aromatic rings. The predicted molar refractivity (Wildman–Crippen MR) is 143 cm³/mol. The third kappa shape index (κ3) is 5.75. The molecule has 0 atom stereocenters. The van der Waals surface area contributed by atoms with Gasteiger partial charge in [-0.15, -0.1) is 0 Å². The zero-order chi connectivity index (χ0) is 25.8. The molecule has 36 heavy (non-hydrogen) atoms. The monoisotopic (exact) mass is 486 g/mol. The van der Waals surface area contributed by atoms with Gasteiger partial charge in [-0.05, 0) is 81.7 Å². The molecule has 0 saturated heterocycles. The molecule has 0 radical (unpaired) electrons. The number of aromatic nitrogens is 4. The molecule has 0 N–H and O–H groups in total. The highest BCUT2D eigenvalue weighted by molar-refractivity contribution is 5.66. The highest BCUT2D eigenvalue weighted by Crippen LogP contribution is 2.46. The van der Waals surface area contributed by atoms with E-state index in [1.807, 2.05) is 39.2 Å². The maximum absolute atomic E-state index is 5.58. The molecular weight excluding hydrogens is 448 g/mol. The van der Waals surface area contributed by atoms with Crippen LogP contribution in [0.25, 0.3) is 22.5 Å². The Labute approximate surface area is 214 Å². The molecule has 2 aliphatic carbocycles. The van der Waals surface area contributed by atoms with E-state index in [-0.39, 0.29) is 0 Å². The Hall–Kier alpha value is -3.28. The van der Waals surface area contributed by atoms with Gasteiger partial charge >= 0.3 is 0 Å². The number of hydrogen-bond acceptors (Lipinski definition) is 6. The van der Waals surface area contributed by atoms with Gasteiger partial charge in [-0.25, -0.2) is 0 Å². The second-order valence-corrected chi connectivity index (χ2v) is 9.96. The first kappa shape index (κ1) is 25.8. The zero-order valence-corrected chi connectivity index (χ0v) is 22.6. The minimum atomic E-state index is 0.361. The van der Waals surface area contributed by atoms with Crippen molar-refractivity contribution in [2.45, 2.75) is 91.9 Å². The van der Waals surface area contributed by atoms with Gasteiger partial charge in [0.05, 0.1) is 33.9 Å². The molecule has 2 saturated carbocycles. The lowest BCUT2D eigenvalue weighted by Crippen LogP contribution is -1.94. The second kappa shape index (κ2) is 11.2. The fraction of sp³-hybridized carbons (Fsp3) is 0.467. The van der Waals surface area contributed by atoms with Crippen LogP contribution in [0.15, 0.2) is 45.7 Å². The number of rotatable bonds is 5. The van der Waals surface area contributed by atoms with Crippen LogP contribution in [0.2, 0.25) is 0 Å². The largest absolute Gasteiger partial charge is 0.360 e. The van der Waals surface area contributed by atoms with Crippen LogP contribution in [0, 0.1) is 20.8 Å². The van der Waals surface area contributed by atoms with Gasteiger partial charge < -0.3 is 9.05 Å². The molecule has 4 heterocycles. The highest BCUT2D eigenvalue weighted by Gasteiger charge is 2.34. The molecule has 0 spiro atoms. The van der Waals surface area contributed by atoms with Crippen molar-refractivity contribution < 1.29 is 9.05 Å². The van der Waals surface area contributed by atoms with E-state index >= 15 is 0 Å². The summed E-state index contributed by atoms with van der Waals surface area (Å²) < 4.78 is 11.0. The first-order chi connectivity index (χ1) is 17.4. The highest BCUT2D eigenvalue weighted by atomic mass is 16.5. The van der Waals surface area contributed by atoms with Crippen molar-refractivity contribution >= 4 is 0 Å². The van der Waals surface area contributed by atoms with E-state index in [2.05, 4.69) is 66.2 Å². The van der Waals surface area contributed by atoms with Crippen LogP contribution in [-0.4, -0.2) is 20.3 Å². The average Bonchev–Trinajstić information content (AvgIpc) is 3.82. The minimum Gasteiger partial charge on any atom is -0.360 e.